The average molecular weight is 487 g/mol. The van der Waals surface area contributed by atoms with Crippen LogP contribution in [0.25, 0.3) is 0 Å². The van der Waals surface area contributed by atoms with E-state index in [-0.39, 0.29) is 31.4 Å². The van der Waals surface area contributed by atoms with Crippen LogP contribution in [-0.2, 0) is 27.7 Å². The second-order valence-electron chi connectivity index (χ2n) is 7.96. The third-order valence-electron chi connectivity index (χ3n) is 5.80. The monoisotopic (exact) mass is 486 g/mol. The lowest BCUT2D eigenvalue weighted by Crippen LogP contribution is -2.52. The van der Waals surface area contributed by atoms with Gasteiger partial charge in [-0.2, -0.15) is 13.2 Å². The molecule has 0 atom stereocenters. The first-order valence-corrected chi connectivity index (χ1v) is 10.9. The molecule has 0 aromatic heterocycles. The third kappa shape index (κ3) is 5.38. The van der Waals surface area contributed by atoms with E-state index in [1.54, 1.807) is 23.1 Å². The molecule has 0 aliphatic heterocycles. The molecule has 0 heterocycles. The van der Waals surface area contributed by atoms with E-state index in [4.69, 9.17) is 23.2 Å². The average Bonchev–Trinajstić information content (AvgIpc) is 2.67. The van der Waals surface area contributed by atoms with E-state index in [9.17, 15) is 22.8 Å². The van der Waals surface area contributed by atoms with Crippen LogP contribution in [0.1, 0.15) is 42.9 Å². The quantitative estimate of drug-likeness (QED) is 0.553. The van der Waals surface area contributed by atoms with Crippen molar-refractivity contribution in [2.24, 2.45) is 0 Å². The summed E-state index contributed by atoms with van der Waals surface area (Å²) in [7, 11) is 0. The zero-order chi connectivity index (χ0) is 23.5. The molecule has 0 spiro atoms. The minimum absolute atomic E-state index is 0.191. The number of alkyl halides is 3. The maximum absolute atomic E-state index is 13.7. The van der Waals surface area contributed by atoms with E-state index in [1.807, 2.05) is 0 Å². The number of nitrogens with one attached hydrogen (secondary N) is 1. The van der Waals surface area contributed by atoms with Gasteiger partial charge in [-0.15, -0.1) is 0 Å². The number of nitrogens with zero attached hydrogens (tertiary/aromatic N) is 1. The fraction of sp³-hybridized carbons (Fsp3) is 0.391. The summed E-state index contributed by atoms with van der Waals surface area (Å²) in [6.07, 6.45) is -2.55. The highest BCUT2D eigenvalue weighted by molar-refractivity contribution is 6.35. The Morgan fingerprint density at radius 1 is 1.09 bits per heavy atom. The summed E-state index contributed by atoms with van der Waals surface area (Å²) >= 11 is 12.3. The van der Waals surface area contributed by atoms with E-state index >= 15 is 0 Å². The van der Waals surface area contributed by atoms with E-state index in [0.29, 0.717) is 34.0 Å². The molecule has 172 valence electrons. The summed E-state index contributed by atoms with van der Waals surface area (Å²) in [4.78, 5) is 26.6. The van der Waals surface area contributed by atoms with Crippen molar-refractivity contribution >= 4 is 35.0 Å². The fourth-order valence-corrected chi connectivity index (χ4v) is 4.38. The number of hydrogen-bond acceptors (Lipinski definition) is 2. The largest absolute Gasteiger partial charge is 0.416 e. The number of hydrogen-bond donors (Lipinski definition) is 1. The molecule has 1 aliphatic rings. The Balaban J connectivity index is 1.89. The predicted octanol–water partition coefficient (Wildman–Crippen LogP) is 5.60. The molecule has 1 fully saturated rings. The van der Waals surface area contributed by atoms with Gasteiger partial charge in [0, 0.05) is 36.6 Å². The lowest BCUT2D eigenvalue weighted by molar-refractivity contribution is -0.141. The smallest absolute Gasteiger partial charge is 0.355 e. The number of rotatable bonds is 7. The maximum atomic E-state index is 13.7. The van der Waals surface area contributed by atoms with Gasteiger partial charge in [0.15, 0.2) is 0 Å². The first-order chi connectivity index (χ1) is 15.0. The van der Waals surface area contributed by atoms with Gasteiger partial charge in [-0.05, 0) is 48.2 Å². The summed E-state index contributed by atoms with van der Waals surface area (Å²) in [6, 6.07) is 9.80. The fourth-order valence-electron chi connectivity index (χ4n) is 3.91. The van der Waals surface area contributed by atoms with Gasteiger partial charge in [0.05, 0.1) is 11.0 Å². The normalized spacial score (nSPS) is 15.1. The van der Waals surface area contributed by atoms with Crippen LogP contribution in [0.4, 0.5) is 13.2 Å². The van der Waals surface area contributed by atoms with Crippen molar-refractivity contribution in [1.29, 1.82) is 0 Å². The van der Waals surface area contributed by atoms with Gasteiger partial charge in [0.2, 0.25) is 11.8 Å². The van der Waals surface area contributed by atoms with Crippen molar-refractivity contribution < 1.29 is 22.8 Å². The molecule has 0 radical (unpaired) electrons. The first kappa shape index (κ1) is 24.4. The van der Waals surface area contributed by atoms with E-state index in [2.05, 4.69) is 5.32 Å². The summed E-state index contributed by atoms with van der Waals surface area (Å²) in [6.45, 7) is 2.06. The van der Waals surface area contributed by atoms with Crippen LogP contribution in [0.15, 0.2) is 42.5 Å². The molecule has 0 bridgehead atoms. The van der Waals surface area contributed by atoms with Crippen LogP contribution in [0.3, 0.4) is 0 Å². The number of carbonyl (C=O) groups excluding carboxylic acids is 2. The second kappa shape index (κ2) is 9.71. The van der Waals surface area contributed by atoms with Crippen LogP contribution >= 0.6 is 23.2 Å². The Labute approximate surface area is 194 Å². The van der Waals surface area contributed by atoms with Gasteiger partial charge in [-0.1, -0.05) is 47.8 Å². The number of carbonyl (C=O) groups is 2. The number of amides is 2. The molecule has 1 saturated carbocycles. The molecule has 1 N–H and O–H groups in total. The Morgan fingerprint density at radius 2 is 1.75 bits per heavy atom. The van der Waals surface area contributed by atoms with Crippen molar-refractivity contribution in [1.82, 2.24) is 10.2 Å². The molecule has 2 amide bonds. The summed E-state index contributed by atoms with van der Waals surface area (Å²) < 4.78 is 38.9. The Kier molecular flexibility index (Phi) is 7.40. The van der Waals surface area contributed by atoms with Crippen molar-refractivity contribution in [3.8, 4) is 0 Å². The van der Waals surface area contributed by atoms with Crippen molar-refractivity contribution in [2.75, 3.05) is 13.1 Å². The van der Waals surface area contributed by atoms with Gasteiger partial charge in [0.25, 0.3) is 0 Å². The lowest BCUT2D eigenvalue weighted by Gasteiger charge is -2.44. The van der Waals surface area contributed by atoms with Gasteiger partial charge in [-0.3, -0.25) is 9.59 Å². The first-order valence-electron chi connectivity index (χ1n) is 10.2. The molecule has 1 aliphatic carbocycles. The minimum Gasteiger partial charge on any atom is -0.355 e. The van der Waals surface area contributed by atoms with E-state index in [1.165, 1.54) is 19.1 Å². The molecule has 2 aromatic carbocycles. The molecular weight excluding hydrogens is 464 g/mol. The molecule has 0 saturated heterocycles. The highest BCUT2D eigenvalue weighted by atomic mass is 35.5. The van der Waals surface area contributed by atoms with Crippen LogP contribution in [0.5, 0.6) is 0 Å². The molecule has 2 aromatic rings. The third-order valence-corrected chi connectivity index (χ3v) is 6.39. The SMILES string of the molecule is CC(=O)NCCN(Cc1ccc(Cl)cc1Cl)C(=O)C1(c2ccc(C(F)(F)F)cc2)CCC1. The van der Waals surface area contributed by atoms with Gasteiger partial charge in [-0.25, -0.2) is 0 Å². The molecular formula is C23H23Cl2F3N2O2. The number of benzene rings is 2. The molecule has 4 nitrogen and oxygen atoms in total. The summed E-state index contributed by atoms with van der Waals surface area (Å²) in [5.74, 6) is -0.414. The van der Waals surface area contributed by atoms with Gasteiger partial charge >= 0.3 is 6.18 Å². The molecule has 3 rings (SSSR count). The Hall–Kier alpha value is -2.25. The van der Waals surface area contributed by atoms with Crippen molar-refractivity contribution in [2.45, 2.75) is 44.3 Å². The van der Waals surface area contributed by atoms with E-state index in [0.717, 1.165) is 18.6 Å². The van der Waals surface area contributed by atoms with Crippen molar-refractivity contribution in [3.05, 3.63) is 69.2 Å². The van der Waals surface area contributed by atoms with Gasteiger partial charge < -0.3 is 10.2 Å². The van der Waals surface area contributed by atoms with Crippen LogP contribution in [0, 0.1) is 0 Å². The standard InChI is InChI=1S/C23H23Cl2F3N2O2/c1-15(31)29-11-12-30(14-16-3-8-19(24)13-20(16)25)21(32)22(9-2-10-22)17-4-6-18(7-5-17)23(26,27)28/h3-8,13H,2,9-12,14H2,1H3,(H,29,31). The summed E-state index contributed by atoms with van der Waals surface area (Å²) in [5, 5.41) is 3.56. The van der Waals surface area contributed by atoms with E-state index < -0.39 is 17.2 Å². The minimum atomic E-state index is -4.44. The Bertz CT molecular complexity index is 990. The predicted molar refractivity (Wildman–Crippen MR) is 118 cm³/mol. The molecule has 32 heavy (non-hydrogen) atoms. The number of halogens is 5. The van der Waals surface area contributed by atoms with Crippen LogP contribution in [-0.4, -0.2) is 29.8 Å². The zero-order valence-corrected chi connectivity index (χ0v) is 18.9. The molecule has 9 heteroatoms. The zero-order valence-electron chi connectivity index (χ0n) is 17.4. The van der Waals surface area contributed by atoms with Crippen LogP contribution < -0.4 is 5.32 Å². The van der Waals surface area contributed by atoms with Crippen molar-refractivity contribution in [3.63, 3.8) is 0 Å². The maximum Gasteiger partial charge on any atom is 0.416 e. The molecule has 0 unspecified atom stereocenters. The van der Waals surface area contributed by atoms with Gasteiger partial charge in [0.1, 0.15) is 0 Å². The Morgan fingerprint density at radius 3 is 2.25 bits per heavy atom. The second-order valence-corrected chi connectivity index (χ2v) is 8.80. The highest BCUT2D eigenvalue weighted by Crippen LogP contribution is 2.46. The highest BCUT2D eigenvalue weighted by Gasteiger charge is 2.48. The van der Waals surface area contributed by atoms with Crippen LogP contribution in [0.2, 0.25) is 10.0 Å². The summed E-state index contributed by atoms with van der Waals surface area (Å²) in [5.41, 5.74) is -0.388. The topological polar surface area (TPSA) is 49.4 Å². The lowest BCUT2D eigenvalue weighted by atomic mass is 9.63.